The van der Waals surface area contributed by atoms with E-state index in [0.29, 0.717) is 17.5 Å². The zero-order chi connectivity index (χ0) is 18.6. The summed E-state index contributed by atoms with van der Waals surface area (Å²) in [6.45, 7) is 0.152. The van der Waals surface area contributed by atoms with Gasteiger partial charge in [-0.15, -0.1) is 0 Å². The van der Waals surface area contributed by atoms with E-state index in [4.69, 9.17) is 9.05 Å². The molecule has 8 heteroatoms. The predicted octanol–water partition coefficient (Wildman–Crippen LogP) is 3.06. The summed E-state index contributed by atoms with van der Waals surface area (Å²) in [6.07, 6.45) is 3.31. The zero-order valence-electron chi connectivity index (χ0n) is 14.4. The summed E-state index contributed by atoms with van der Waals surface area (Å²) in [7, 11) is 1.63. The van der Waals surface area contributed by atoms with E-state index >= 15 is 0 Å². The maximum Gasteiger partial charge on any atom is 0.276 e. The van der Waals surface area contributed by atoms with E-state index in [-0.39, 0.29) is 18.1 Å². The van der Waals surface area contributed by atoms with E-state index in [1.54, 1.807) is 31.6 Å². The third kappa shape index (κ3) is 3.59. The summed E-state index contributed by atoms with van der Waals surface area (Å²) in [4.78, 5) is 22.3. The first-order valence-corrected chi connectivity index (χ1v) is 8.21. The van der Waals surface area contributed by atoms with Crippen molar-refractivity contribution in [2.24, 2.45) is 0 Å². The molecule has 0 saturated heterocycles. The Morgan fingerprint density at radius 2 is 1.85 bits per heavy atom. The average Bonchev–Trinajstić information content (AvgIpc) is 3.39. The molecule has 3 aromatic heterocycles. The lowest BCUT2D eigenvalue weighted by Gasteiger charge is -2.12. The molecule has 1 amide bonds. The Morgan fingerprint density at radius 3 is 2.63 bits per heavy atom. The van der Waals surface area contributed by atoms with E-state index < -0.39 is 0 Å². The van der Waals surface area contributed by atoms with Crippen molar-refractivity contribution in [3.8, 4) is 22.7 Å². The van der Waals surface area contributed by atoms with Gasteiger partial charge >= 0.3 is 0 Å². The van der Waals surface area contributed by atoms with E-state index in [2.05, 4.69) is 20.3 Å². The van der Waals surface area contributed by atoms with Crippen LogP contribution >= 0.6 is 0 Å². The molecule has 0 unspecified atom stereocenters. The molecule has 0 radical (unpaired) electrons. The standard InChI is InChI=1S/C19H15N5O3/c1-24(12-17-21-18(23-27-17)14-8-5-9-20-11-14)19(25)15-10-16(26-22-15)13-6-3-2-4-7-13/h2-11H,12H2,1H3. The Morgan fingerprint density at radius 1 is 1.04 bits per heavy atom. The van der Waals surface area contributed by atoms with E-state index in [9.17, 15) is 4.79 Å². The number of benzene rings is 1. The van der Waals surface area contributed by atoms with Crippen LogP contribution in [0.15, 0.2) is 70.0 Å². The monoisotopic (exact) mass is 361 g/mol. The molecule has 134 valence electrons. The molecule has 0 spiro atoms. The number of amides is 1. The second kappa shape index (κ2) is 7.20. The van der Waals surface area contributed by atoms with Crippen LogP contribution in [0.4, 0.5) is 0 Å². The molecule has 0 atom stereocenters. The molecule has 0 bridgehead atoms. The Bertz CT molecular complexity index is 1040. The van der Waals surface area contributed by atoms with Gasteiger partial charge in [0.1, 0.15) is 6.54 Å². The highest BCUT2D eigenvalue weighted by Crippen LogP contribution is 2.21. The van der Waals surface area contributed by atoms with Crippen molar-refractivity contribution >= 4 is 5.91 Å². The van der Waals surface area contributed by atoms with Crippen LogP contribution in [-0.2, 0) is 6.54 Å². The van der Waals surface area contributed by atoms with Crippen LogP contribution in [0.25, 0.3) is 22.7 Å². The number of hydrogen-bond acceptors (Lipinski definition) is 7. The van der Waals surface area contributed by atoms with Crippen LogP contribution in [0, 0.1) is 0 Å². The average molecular weight is 361 g/mol. The quantitative estimate of drug-likeness (QED) is 0.539. The molecule has 1 aromatic carbocycles. The molecule has 0 fully saturated rings. The molecule has 0 N–H and O–H groups in total. The van der Waals surface area contributed by atoms with Crippen LogP contribution in [0.2, 0.25) is 0 Å². The minimum absolute atomic E-state index is 0.152. The highest BCUT2D eigenvalue weighted by molar-refractivity contribution is 5.92. The third-order valence-corrected chi connectivity index (χ3v) is 3.89. The van der Waals surface area contributed by atoms with Gasteiger partial charge in [-0.25, -0.2) is 0 Å². The molecular weight excluding hydrogens is 346 g/mol. The van der Waals surface area contributed by atoms with Gasteiger partial charge in [0.25, 0.3) is 5.91 Å². The van der Waals surface area contributed by atoms with Gasteiger partial charge in [0, 0.05) is 36.6 Å². The van der Waals surface area contributed by atoms with Crippen molar-refractivity contribution in [3.05, 3.63) is 72.5 Å². The highest BCUT2D eigenvalue weighted by Gasteiger charge is 2.20. The first kappa shape index (κ1) is 16.6. The maximum absolute atomic E-state index is 12.6. The van der Waals surface area contributed by atoms with Crippen molar-refractivity contribution in [1.29, 1.82) is 0 Å². The van der Waals surface area contributed by atoms with Crippen molar-refractivity contribution < 1.29 is 13.8 Å². The molecule has 8 nitrogen and oxygen atoms in total. The van der Waals surface area contributed by atoms with E-state index in [1.165, 1.54) is 4.90 Å². The van der Waals surface area contributed by atoms with Gasteiger partial charge in [0.15, 0.2) is 11.5 Å². The molecule has 0 aliphatic carbocycles. The van der Waals surface area contributed by atoms with Gasteiger partial charge in [-0.1, -0.05) is 40.6 Å². The number of hydrogen-bond donors (Lipinski definition) is 0. The summed E-state index contributed by atoms with van der Waals surface area (Å²) in [5.74, 6) is 0.967. The third-order valence-electron chi connectivity index (χ3n) is 3.89. The summed E-state index contributed by atoms with van der Waals surface area (Å²) in [6, 6.07) is 14.7. The fraction of sp³-hybridized carbons (Fsp3) is 0.105. The second-order valence-corrected chi connectivity index (χ2v) is 5.86. The van der Waals surface area contributed by atoms with Crippen LogP contribution < -0.4 is 0 Å². The fourth-order valence-corrected chi connectivity index (χ4v) is 2.52. The van der Waals surface area contributed by atoms with Crippen LogP contribution in [0.5, 0.6) is 0 Å². The minimum atomic E-state index is -0.304. The molecule has 0 saturated carbocycles. The van der Waals surface area contributed by atoms with Gasteiger partial charge in [-0.2, -0.15) is 4.98 Å². The van der Waals surface area contributed by atoms with Crippen LogP contribution in [-0.4, -0.2) is 38.1 Å². The molecule has 27 heavy (non-hydrogen) atoms. The highest BCUT2D eigenvalue weighted by atomic mass is 16.5. The second-order valence-electron chi connectivity index (χ2n) is 5.86. The lowest BCUT2D eigenvalue weighted by molar-refractivity contribution is 0.0759. The predicted molar refractivity (Wildman–Crippen MR) is 95.3 cm³/mol. The minimum Gasteiger partial charge on any atom is -0.355 e. The number of carbonyl (C=O) groups is 1. The summed E-state index contributed by atoms with van der Waals surface area (Å²) in [5.41, 5.74) is 1.80. The normalized spacial score (nSPS) is 10.7. The van der Waals surface area contributed by atoms with Crippen molar-refractivity contribution in [1.82, 2.24) is 25.2 Å². The lowest BCUT2D eigenvalue weighted by Crippen LogP contribution is -2.26. The number of pyridine rings is 1. The molecule has 0 aliphatic rings. The van der Waals surface area contributed by atoms with Crippen molar-refractivity contribution in [2.45, 2.75) is 6.54 Å². The Labute approximate surface area is 154 Å². The summed E-state index contributed by atoms with van der Waals surface area (Å²) in [5, 5.41) is 7.78. The van der Waals surface area contributed by atoms with Crippen LogP contribution in [0.1, 0.15) is 16.4 Å². The maximum atomic E-state index is 12.6. The molecular formula is C19H15N5O3. The van der Waals surface area contributed by atoms with E-state index in [1.807, 2.05) is 36.4 Å². The van der Waals surface area contributed by atoms with Crippen molar-refractivity contribution in [2.75, 3.05) is 7.05 Å². The summed E-state index contributed by atoms with van der Waals surface area (Å²) >= 11 is 0. The molecule has 4 aromatic rings. The van der Waals surface area contributed by atoms with Gasteiger partial charge in [-0.3, -0.25) is 9.78 Å². The topological polar surface area (TPSA) is 98.2 Å². The number of nitrogens with zero attached hydrogens (tertiary/aromatic N) is 5. The Kier molecular flexibility index (Phi) is 4.44. The van der Waals surface area contributed by atoms with Gasteiger partial charge in [0.2, 0.25) is 11.7 Å². The Hall–Kier alpha value is -3.81. The first-order valence-electron chi connectivity index (χ1n) is 8.21. The molecule has 0 aliphatic heterocycles. The lowest BCUT2D eigenvalue weighted by atomic mass is 10.1. The SMILES string of the molecule is CN(Cc1nc(-c2cccnc2)no1)C(=O)c1cc(-c2ccccc2)on1. The summed E-state index contributed by atoms with van der Waals surface area (Å²) < 4.78 is 10.5. The fourth-order valence-electron chi connectivity index (χ4n) is 2.52. The van der Waals surface area contributed by atoms with Gasteiger partial charge in [-0.05, 0) is 12.1 Å². The molecule has 3 heterocycles. The van der Waals surface area contributed by atoms with E-state index in [0.717, 1.165) is 11.1 Å². The number of aromatic nitrogens is 4. The number of carbonyl (C=O) groups excluding carboxylic acids is 1. The van der Waals surface area contributed by atoms with Gasteiger partial charge in [0.05, 0.1) is 0 Å². The Balaban J connectivity index is 1.46. The number of rotatable bonds is 5. The first-order chi connectivity index (χ1) is 13.2. The molecule has 4 rings (SSSR count). The van der Waals surface area contributed by atoms with Crippen LogP contribution in [0.3, 0.4) is 0 Å². The largest absolute Gasteiger partial charge is 0.355 e. The smallest absolute Gasteiger partial charge is 0.276 e. The van der Waals surface area contributed by atoms with Crippen molar-refractivity contribution in [3.63, 3.8) is 0 Å². The zero-order valence-corrected chi connectivity index (χ0v) is 14.4. The van der Waals surface area contributed by atoms with Gasteiger partial charge < -0.3 is 13.9 Å².